The predicted octanol–water partition coefficient (Wildman–Crippen LogP) is 0.631. The smallest absolute Gasteiger partial charge is 0.174 e. The van der Waals surface area contributed by atoms with Crippen LogP contribution < -0.4 is 5.73 Å². The lowest BCUT2D eigenvalue weighted by atomic mass is 10.5. The van der Waals surface area contributed by atoms with E-state index in [1.54, 1.807) is 6.20 Å². The molecule has 3 N–H and O–H groups in total. The van der Waals surface area contributed by atoms with Gasteiger partial charge in [0.05, 0.1) is 6.20 Å². The first-order valence-electron chi connectivity index (χ1n) is 2.22. The third-order valence-corrected chi connectivity index (χ3v) is 1.22. The van der Waals surface area contributed by atoms with Crippen molar-refractivity contribution in [2.45, 2.75) is 6.54 Å². The van der Waals surface area contributed by atoms with Crippen molar-refractivity contribution in [1.82, 2.24) is 9.97 Å². The van der Waals surface area contributed by atoms with Crippen LogP contribution in [0.1, 0.15) is 5.69 Å². The number of imidazole rings is 1. The highest BCUT2D eigenvalue weighted by molar-refractivity contribution is 9.10. The van der Waals surface area contributed by atoms with E-state index in [1.165, 1.54) is 0 Å². The molecule has 0 atom stereocenters. The van der Waals surface area contributed by atoms with Crippen LogP contribution in [0.25, 0.3) is 0 Å². The summed E-state index contributed by atoms with van der Waals surface area (Å²) in [6.07, 6.45) is 1.70. The van der Waals surface area contributed by atoms with E-state index in [0.717, 1.165) is 10.4 Å². The second-order valence-electron chi connectivity index (χ2n) is 1.40. The molecule has 1 heterocycles. The van der Waals surface area contributed by atoms with E-state index in [1.807, 2.05) is 0 Å². The minimum Gasteiger partial charge on any atom is -0.335 e. The molecular formula is C4H6BrN3. The quantitative estimate of drug-likeness (QED) is 0.659. The van der Waals surface area contributed by atoms with Crippen molar-refractivity contribution in [2.24, 2.45) is 5.73 Å². The Kier molecular flexibility index (Phi) is 1.65. The molecule has 0 radical (unpaired) electrons. The Bertz CT molecular complexity index is 172. The largest absolute Gasteiger partial charge is 0.335 e. The molecule has 8 heavy (non-hydrogen) atoms. The van der Waals surface area contributed by atoms with Crippen LogP contribution in [0.2, 0.25) is 0 Å². The lowest BCUT2D eigenvalue weighted by Crippen LogP contribution is -1.95. The van der Waals surface area contributed by atoms with E-state index >= 15 is 0 Å². The molecule has 1 rings (SSSR count). The molecule has 0 unspecified atom stereocenters. The molecule has 0 saturated carbocycles. The molecule has 0 saturated heterocycles. The van der Waals surface area contributed by atoms with Gasteiger partial charge < -0.3 is 10.7 Å². The summed E-state index contributed by atoms with van der Waals surface area (Å²) in [4.78, 5) is 6.77. The van der Waals surface area contributed by atoms with Crippen molar-refractivity contribution in [3.05, 3.63) is 16.6 Å². The fraction of sp³-hybridized carbons (Fsp3) is 0.250. The molecule has 0 bridgehead atoms. The van der Waals surface area contributed by atoms with Gasteiger partial charge in [-0.25, -0.2) is 4.98 Å². The highest BCUT2D eigenvalue weighted by atomic mass is 79.9. The maximum absolute atomic E-state index is 5.27. The third kappa shape index (κ3) is 1.08. The summed E-state index contributed by atoms with van der Waals surface area (Å²) >= 11 is 3.15. The minimum absolute atomic E-state index is 0.512. The number of rotatable bonds is 1. The molecule has 0 fully saturated rings. The highest BCUT2D eigenvalue weighted by Gasteiger charge is 1.90. The molecule has 1 aromatic rings. The number of nitrogens with zero attached hydrogens (tertiary/aromatic N) is 1. The standard InChI is InChI=1S/C4H6BrN3/c5-4-7-2-3(1-6)8-4/h2H,1,6H2,(H,7,8). The molecule has 0 amide bonds. The van der Waals surface area contributed by atoms with Gasteiger partial charge in [0, 0.05) is 12.2 Å². The fourth-order valence-electron chi connectivity index (χ4n) is 0.435. The van der Waals surface area contributed by atoms with Crippen LogP contribution in [0.5, 0.6) is 0 Å². The number of aromatic amines is 1. The van der Waals surface area contributed by atoms with Crippen molar-refractivity contribution in [3.8, 4) is 0 Å². The molecule has 1 aromatic heterocycles. The second kappa shape index (κ2) is 2.28. The van der Waals surface area contributed by atoms with Crippen LogP contribution in [-0.4, -0.2) is 9.97 Å². The molecule has 0 aromatic carbocycles. The van der Waals surface area contributed by atoms with Gasteiger partial charge in [0.25, 0.3) is 0 Å². The number of nitrogens with two attached hydrogens (primary N) is 1. The van der Waals surface area contributed by atoms with Crippen LogP contribution in [0.4, 0.5) is 0 Å². The molecule has 0 aliphatic heterocycles. The van der Waals surface area contributed by atoms with Crippen molar-refractivity contribution >= 4 is 15.9 Å². The fourth-order valence-corrected chi connectivity index (χ4v) is 0.792. The summed E-state index contributed by atoms with van der Waals surface area (Å²) in [6.45, 7) is 0.512. The Hall–Kier alpha value is -0.350. The number of H-pyrrole nitrogens is 1. The molecular weight excluding hydrogens is 170 g/mol. The molecule has 44 valence electrons. The van der Waals surface area contributed by atoms with E-state index in [2.05, 4.69) is 25.9 Å². The average molecular weight is 176 g/mol. The second-order valence-corrected chi connectivity index (χ2v) is 2.15. The number of nitrogens with one attached hydrogen (secondary N) is 1. The van der Waals surface area contributed by atoms with E-state index in [9.17, 15) is 0 Å². The van der Waals surface area contributed by atoms with Crippen molar-refractivity contribution in [2.75, 3.05) is 0 Å². The Labute approximate surface area is 55.4 Å². The number of hydrogen-bond acceptors (Lipinski definition) is 2. The summed E-state index contributed by atoms with van der Waals surface area (Å²) in [5, 5.41) is 0. The van der Waals surface area contributed by atoms with Gasteiger partial charge in [-0.2, -0.15) is 0 Å². The Morgan fingerprint density at radius 3 is 2.88 bits per heavy atom. The van der Waals surface area contributed by atoms with Crippen molar-refractivity contribution in [1.29, 1.82) is 0 Å². The van der Waals surface area contributed by atoms with Crippen LogP contribution in [0.15, 0.2) is 10.9 Å². The SMILES string of the molecule is NCc1cnc(Br)[nH]1. The number of hydrogen-bond donors (Lipinski definition) is 2. The van der Waals surface area contributed by atoms with E-state index in [0.29, 0.717) is 6.54 Å². The highest BCUT2D eigenvalue weighted by Crippen LogP contribution is 2.01. The van der Waals surface area contributed by atoms with Crippen LogP contribution in [0, 0.1) is 0 Å². The first kappa shape index (κ1) is 5.78. The van der Waals surface area contributed by atoms with Crippen LogP contribution >= 0.6 is 15.9 Å². The van der Waals surface area contributed by atoms with Gasteiger partial charge in [-0.15, -0.1) is 0 Å². The Balaban J connectivity index is 2.84. The maximum Gasteiger partial charge on any atom is 0.174 e. The number of aromatic nitrogens is 2. The van der Waals surface area contributed by atoms with Crippen LogP contribution in [0.3, 0.4) is 0 Å². The monoisotopic (exact) mass is 175 g/mol. The maximum atomic E-state index is 5.27. The van der Waals surface area contributed by atoms with Gasteiger partial charge in [-0.3, -0.25) is 0 Å². The van der Waals surface area contributed by atoms with E-state index in [-0.39, 0.29) is 0 Å². The molecule has 0 spiro atoms. The van der Waals surface area contributed by atoms with Gasteiger partial charge in [-0.1, -0.05) is 0 Å². The molecule has 4 heteroatoms. The van der Waals surface area contributed by atoms with Gasteiger partial charge in [0.15, 0.2) is 4.73 Å². The minimum atomic E-state index is 0.512. The van der Waals surface area contributed by atoms with Gasteiger partial charge >= 0.3 is 0 Å². The summed E-state index contributed by atoms with van der Waals surface area (Å²) in [5.74, 6) is 0. The Morgan fingerprint density at radius 1 is 1.88 bits per heavy atom. The Morgan fingerprint density at radius 2 is 2.62 bits per heavy atom. The lowest BCUT2D eigenvalue weighted by molar-refractivity contribution is 1.01. The topological polar surface area (TPSA) is 54.7 Å². The third-order valence-electron chi connectivity index (χ3n) is 0.817. The summed E-state index contributed by atoms with van der Waals surface area (Å²) < 4.78 is 0.734. The van der Waals surface area contributed by atoms with E-state index < -0.39 is 0 Å². The van der Waals surface area contributed by atoms with Gasteiger partial charge in [-0.05, 0) is 15.9 Å². The molecule has 0 aliphatic carbocycles. The lowest BCUT2D eigenvalue weighted by Gasteiger charge is -1.81. The van der Waals surface area contributed by atoms with Gasteiger partial charge in [0.2, 0.25) is 0 Å². The predicted molar refractivity (Wildman–Crippen MR) is 34.2 cm³/mol. The summed E-state index contributed by atoms with van der Waals surface area (Å²) in [7, 11) is 0. The zero-order chi connectivity index (χ0) is 5.98. The van der Waals surface area contributed by atoms with Gasteiger partial charge in [0.1, 0.15) is 0 Å². The first-order chi connectivity index (χ1) is 3.83. The zero-order valence-corrected chi connectivity index (χ0v) is 5.77. The summed E-state index contributed by atoms with van der Waals surface area (Å²) in [5.41, 5.74) is 6.21. The zero-order valence-electron chi connectivity index (χ0n) is 4.19. The number of halogens is 1. The van der Waals surface area contributed by atoms with E-state index in [4.69, 9.17) is 5.73 Å². The van der Waals surface area contributed by atoms with Crippen molar-refractivity contribution in [3.63, 3.8) is 0 Å². The first-order valence-corrected chi connectivity index (χ1v) is 3.01. The normalized spacial score (nSPS) is 9.75. The van der Waals surface area contributed by atoms with Crippen molar-refractivity contribution < 1.29 is 0 Å². The molecule has 0 aliphatic rings. The molecule has 3 nitrogen and oxygen atoms in total. The average Bonchev–Trinajstić information content (AvgIpc) is 2.14. The van der Waals surface area contributed by atoms with Crippen LogP contribution in [-0.2, 0) is 6.54 Å². The summed E-state index contributed by atoms with van der Waals surface area (Å²) in [6, 6.07) is 0.